The normalized spacial score (nSPS) is 20.6. The number of hydrogen-bond acceptors (Lipinski definition) is 3. The molecule has 0 N–H and O–H groups in total. The maximum absolute atomic E-state index is 12.2. The zero-order valence-electron chi connectivity index (χ0n) is 14.4. The molecule has 1 aliphatic rings. The molecule has 3 heteroatoms. The summed E-state index contributed by atoms with van der Waals surface area (Å²) in [7, 11) is 0. The van der Waals surface area contributed by atoms with E-state index in [-0.39, 0.29) is 11.9 Å². The Labute approximate surface area is 130 Å². The number of carbonyl (C=O) groups is 1. The summed E-state index contributed by atoms with van der Waals surface area (Å²) < 4.78 is 5.52. The van der Waals surface area contributed by atoms with E-state index < -0.39 is 5.60 Å². The predicted octanol–water partition coefficient (Wildman–Crippen LogP) is 4.18. The van der Waals surface area contributed by atoms with E-state index in [9.17, 15) is 4.79 Å². The van der Waals surface area contributed by atoms with Crippen molar-refractivity contribution in [3.8, 4) is 0 Å². The number of nitrogens with zero attached hydrogens (tertiary/aromatic N) is 1. The minimum Gasteiger partial charge on any atom is -0.460 e. The molecular formula is C18H33NO2. The molecule has 0 radical (unpaired) electrons. The molecule has 1 fully saturated rings. The van der Waals surface area contributed by atoms with Gasteiger partial charge in [0, 0.05) is 13.1 Å². The third kappa shape index (κ3) is 7.66. The fourth-order valence-corrected chi connectivity index (χ4v) is 2.82. The van der Waals surface area contributed by atoms with E-state index in [1.54, 1.807) is 0 Å². The van der Waals surface area contributed by atoms with E-state index in [4.69, 9.17) is 4.74 Å². The fourth-order valence-electron chi connectivity index (χ4n) is 2.82. The van der Waals surface area contributed by atoms with Gasteiger partial charge in [-0.3, -0.25) is 9.69 Å². The van der Waals surface area contributed by atoms with E-state index in [1.165, 1.54) is 32.1 Å². The summed E-state index contributed by atoms with van der Waals surface area (Å²) >= 11 is 0. The molecule has 1 saturated heterocycles. The molecule has 0 aromatic heterocycles. The van der Waals surface area contributed by atoms with Crippen molar-refractivity contribution in [1.29, 1.82) is 0 Å². The third-order valence-corrected chi connectivity index (χ3v) is 3.78. The van der Waals surface area contributed by atoms with Crippen molar-refractivity contribution in [3.05, 3.63) is 12.2 Å². The second-order valence-electron chi connectivity index (χ2n) is 7.33. The largest absolute Gasteiger partial charge is 0.460 e. The van der Waals surface area contributed by atoms with Gasteiger partial charge in [-0.05, 0) is 40.2 Å². The van der Waals surface area contributed by atoms with E-state index in [2.05, 4.69) is 18.4 Å². The molecule has 1 heterocycles. The third-order valence-electron chi connectivity index (χ3n) is 3.78. The van der Waals surface area contributed by atoms with Crippen LogP contribution in [0.3, 0.4) is 0 Å². The van der Waals surface area contributed by atoms with Gasteiger partial charge >= 0.3 is 5.97 Å². The van der Waals surface area contributed by atoms with E-state index in [0.29, 0.717) is 0 Å². The van der Waals surface area contributed by atoms with Crippen LogP contribution in [0.4, 0.5) is 0 Å². The summed E-state index contributed by atoms with van der Waals surface area (Å²) in [6.07, 6.45) is 7.21. The minimum atomic E-state index is -0.402. The molecule has 0 aromatic carbocycles. The highest BCUT2D eigenvalue weighted by Gasteiger charge is 2.30. The van der Waals surface area contributed by atoms with Gasteiger partial charge in [0.2, 0.25) is 0 Å². The summed E-state index contributed by atoms with van der Waals surface area (Å²) in [6, 6.07) is 0. The highest BCUT2D eigenvalue weighted by Crippen LogP contribution is 2.23. The molecule has 0 amide bonds. The average molecular weight is 295 g/mol. The van der Waals surface area contributed by atoms with Gasteiger partial charge in [-0.1, -0.05) is 44.8 Å². The molecule has 1 atom stereocenters. The van der Waals surface area contributed by atoms with E-state index in [0.717, 1.165) is 31.6 Å². The van der Waals surface area contributed by atoms with E-state index >= 15 is 0 Å². The molecular weight excluding hydrogens is 262 g/mol. The summed E-state index contributed by atoms with van der Waals surface area (Å²) in [5.41, 5.74) is 0.756. The Morgan fingerprint density at radius 2 is 1.95 bits per heavy atom. The Kier molecular flexibility index (Phi) is 7.44. The maximum Gasteiger partial charge on any atom is 0.311 e. The second kappa shape index (κ2) is 8.57. The number of carbonyl (C=O) groups excluding carboxylic acids is 1. The zero-order chi connectivity index (χ0) is 15.9. The van der Waals surface area contributed by atoms with E-state index in [1.807, 2.05) is 20.8 Å². The lowest BCUT2D eigenvalue weighted by Crippen LogP contribution is -2.42. The van der Waals surface area contributed by atoms with Crippen LogP contribution in [0, 0.1) is 5.92 Å². The number of ether oxygens (including phenoxy) is 1. The Balaban J connectivity index is 2.39. The zero-order valence-corrected chi connectivity index (χ0v) is 14.4. The predicted molar refractivity (Wildman–Crippen MR) is 88.3 cm³/mol. The van der Waals surface area contributed by atoms with Gasteiger partial charge in [-0.15, -0.1) is 0 Å². The lowest BCUT2D eigenvalue weighted by atomic mass is 9.94. The van der Waals surface area contributed by atoms with Crippen LogP contribution in [-0.4, -0.2) is 36.1 Å². The number of likely N-dealkylation sites (tertiary alicyclic amines) is 1. The van der Waals surface area contributed by atoms with Crippen molar-refractivity contribution < 1.29 is 9.53 Å². The van der Waals surface area contributed by atoms with Gasteiger partial charge in [0.25, 0.3) is 0 Å². The van der Waals surface area contributed by atoms with Gasteiger partial charge in [0.15, 0.2) is 0 Å². The Morgan fingerprint density at radius 3 is 2.57 bits per heavy atom. The van der Waals surface area contributed by atoms with Crippen LogP contribution in [0.1, 0.15) is 66.2 Å². The minimum absolute atomic E-state index is 0.0406. The van der Waals surface area contributed by atoms with Crippen molar-refractivity contribution in [2.24, 2.45) is 5.92 Å². The average Bonchev–Trinajstić information content (AvgIpc) is 2.36. The van der Waals surface area contributed by atoms with Crippen molar-refractivity contribution in [2.75, 3.05) is 19.6 Å². The quantitative estimate of drug-likeness (QED) is 0.401. The Morgan fingerprint density at radius 1 is 1.29 bits per heavy atom. The lowest BCUT2D eigenvalue weighted by Gasteiger charge is -2.34. The molecule has 1 unspecified atom stereocenters. The van der Waals surface area contributed by atoms with Gasteiger partial charge in [-0.2, -0.15) is 0 Å². The number of unbranched alkanes of at least 4 members (excludes halogenated alkanes) is 4. The maximum atomic E-state index is 12.2. The summed E-state index contributed by atoms with van der Waals surface area (Å²) in [5.74, 6) is -0.111. The highest BCUT2D eigenvalue weighted by atomic mass is 16.6. The van der Waals surface area contributed by atoms with Crippen LogP contribution in [0.25, 0.3) is 0 Å². The second-order valence-corrected chi connectivity index (χ2v) is 7.33. The van der Waals surface area contributed by atoms with Crippen molar-refractivity contribution >= 4 is 5.97 Å². The summed E-state index contributed by atoms with van der Waals surface area (Å²) in [5, 5.41) is 0. The standard InChI is InChI=1S/C18H33NO2/c1-6-7-8-9-10-11-19-13-15(2)12-16(14-19)17(20)21-18(3,4)5/h16H,2,6-14H2,1,3-5H3. The number of esters is 1. The SMILES string of the molecule is C=C1CC(C(=O)OC(C)(C)C)CN(CCCCCCC)C1. The lowest BCUT2D eigenvalue weighted by molar-refractivity contribution is -0.161. The monoisotopic (exact) mass is 295 g/mol. The molecule has 1 rings (SSSR count). The van der Waals surface area contributed by atoms with Crippen molar-refractivity contribution in [1.82, 2.24) is 4.90 Å². The van der Waals surface area contributed by atoms with Crippen LogP contribution in [-0.2, 0) is 9.53 Å². The van der Waals surface area contributed by atoms with Gasteiger partial charge in [-0.25, -0.2) is 0 Å². The molecule has 0 bridgehead atoms. The van der Waals surface area contributed by atoms with Crippen molar-refractivity contribution in [2.45, 2.75) is 71.8 Å². The highest BCUT2D eigenvalue weighted by molar-refractivity contribution is 5.73. The van der Waals surface area contributed by atoms with Crippen LogP contribution in [0.15, 0.2) is 12.2 Å². The Bertz CT molecular complexity index is 344. The van der Waals surface area contributed by atoms with Crippen LogP contribution in [0.5, 0.6) is 0 Å². The van der Waals surface area contributed by atoms with Gasteiger partial charge < -0.3 is 4.74 Å². The van der Waals surface area contributed by atoms with Crippen LogP contribution >= 0.6 is 0 Å². The number of hydrogen-bond donors (Lipinski definition) is 0. The first-order valence-electron chi connectivity index (χ1n) is 8.43. The molecule has 0 saturated carbocycles. The van der Waals surface area contributed by atoms with Crippen LogP contribution < -0.4 is 0 Å². The Hall–Kier alpha value is -0.830. The first-order valence-corrected chi connectivity index (χ1v) is 8.43. The fraction of sp³-hybridized carbons (Fsp3) is 0.833. The molecule has 0 aromatic rings. The molecule has 1 aliphatic heterocycles. The first-order chi connectivity index (χ1) is 9.81. The molecule has 0 aliphatic carbocycles. The van der Waals surface area contributed by atoms with Crippen molar-refractivity contribution in [3.63, 3.8) is 0 Å². The molecule has 122 valence electrons. The smallest absolute Gasteiger partial charge is 0.311 e. The summed E-state index contributed by atoms with van der Waals surface area (Å²) in [6.45, 7) is 14.9. The molecule has 3 nitrogen and oxygen atoms in total. The number of rotatable bonds is 7. The summed E-state index contributed by atoms with van der Waals surface area (Å²) in [4.78, 5) is 14.6. The molecule has 21 heavy (non-hydrogen) atoms. The van der Waals surface area contributed by atoms with Crippen LogP contribution in [0.2, 0.25) is 0 Å². The van der Waals surface area contributed by atoms with Gasteiger partial charge in [0.1, 0.15) is 5.60 Å². The first kappa shape index (κ1) is 18.2. The molecule has 0 spiro atoms. The van der Waals surface area contributed by atoms with Gasteiger partial charge in [0.05, 0.1) is 5.92 Å². The topological polar surface area (TPSA) is 29.5 Å². The number of piperidine rings is 1.